The van der Waals surface area contributed by atoms with E-state index in [4.69, 9.17) is 9.47 Å². The van der Waals surface area contributed by atoms with Crippen molar-refractivity contribution < 1.29 is 9.47 Å². The number of nitrogens with zero attached hydrogens (tertiary/aromatic N) is 3. The van der Waals surface area contributed by atoms with Crippen LogP contribution in [0.25, 0.3) is 0 Å². The summed E-state index contributed by atoms with van der Waals surface area (Å²) in [4.78, 5) is 9.20. The molecule has 7 heteroatoms. The van der Waals surface area contributed by atoms with Crippen molar-refractivity contribution in [2.45, 2.75) is 20.4 Å². The van der Waals surface area contributed by atoms with Gasteiger partial charge in [-0.3, -0.25) is 9.89 Å². The van der Waals surface area contributed by atoms with Crippen molar-refractivity contribution in [2.75, 3.05) is 54.0 Å². The van der Waals surface area contributed by atoms with Crippen molar-refractivity contribution in [3.8, 4) is 11.5 Å². The Hall–Kier alpha value is -1.22. The minimum atomic E-state index is 0. The molecule has 6 nitrogen and oxygen atoms in total. The largest absolute Gasteiger partial charge is 0.497 e. The predicted octanol–water partition coefficient (Wildman–Crippen LogP) is 2.67. The Kier molecular flexibility index (Phi) is 10.1. The first-order chi connectivity index (χ1) is 12.1. The van der Waals surface area contributed by atoms with Crippen LogP contribution in [0, 0.1) is 5.92 Å². The third-order valence-corrected chi connectivity index (χ3v) is 4.43. The van der Waals surface area contributed by atoms with Crippen molar-refractivity contribution in [3.05, 3.63) is 23.8 Å². The van der Waals surface area contributed by atoms with E-state index in [1.54, 1.807) is 14.2 Å². The summed E-state index contributed by atoms with van der Waals surface area (Å²) in [5.74, 6) is 3.40. The maximum Gasteiger partial charge on any atom is 0.193 e. The van der Waals surface area contributed by atoms with Crippen LogP contribution in [-0.2, 0) is 6.54 Å². The van der Waals surface area contributed by atoms with E-state index in [2.05, 4.69) is 40.0 Å². The van der Waals surface area contributed by atoms with Gasteiger partial charge in [0.05, 0.1) is 14.2 Å². The molecule has 1 aromatic rings. The first-order valence-electron chi connectivity index (χ1n) is 8.96. The van der Waals surface area contributed by atoms with Crippen molar-refractivity contribution in [3.63, 3.8) is 0 Å². The van der Waals surface area contributed by atoms with Crippen molar-refractivity contribution >= 4 is 29.9 Å². The van der Waals surface area contributed by atoms with Gasteiger partial charge in [0.15, 0.2) is 5.96 Å². The van der Waals surface area contributed by atoms with Gasteiger partial charge in [0.25, 0.3) is 0 Å². The number of halogens is 1. The number of methoxy groups -OCH3 is 2. The third-order valence-electron chi connectivity index (χ3n) is 4.43. The topological polar surface area (TPSA) is 49.3 Å². The minimum absolute atomic E-state index is 0. The van der Waals surface area contributed by atoms with E-state index in [0.29, 0.717) is 5.92 Å². The van der Waals surface area contributed by atoms with Gasteiger partial charge in [0.1, 0.15) is 11.5 Å². The maximum atomic E-state index is 5.50. The zero-order chi connectivity index (χ0) is 18.2. The second-order valence-corrected chi connectivity index (χ2v) is 6.76. The molecule has 0 radical (unpaired) electrons. The Labute approximate surface area is 175 Å². The lowest BCUT2D eigenvalue weighted by Gasteiger charge is -2.36. The Morgan fingerprint density at radius 1 is 1.15 bits per heavy atom. The lowest BCUT2D eigenvalue weighted by molar-refractivity contribution is 0.170. The average Bonchev–Trinajstić information content (AvgIpc) is 2.63. The second kappa shape index (κ2) is 11.5. The molecule has 1 aliphatic heterocycles. The van der Waals surface area contributed by atoms with Gasteiger partial charge in [-0.15, -0.1) is 24.0 Å². The number of rotatable bonds is 6. The number of ether oxygens (including phenoxy) is 2. The average molecular weight is 476 g/mol. The lowest BCUT2D eigenvalue weighted by Crippen LogP contribution is -2.52. The second-order valence-electron chi connectivity index (χ2n) is 6.76. The first kappa shape index (κ1) is 22.8. The van der Waals surface area contributed by atoms with E-state index >= 15 is 0 Å². The van der Waals surface area contributed by atoms with Crippen molar-refractivity contribution in [2.24, 2.45) is 10.9 Å². The summed E-state index contributed by atoms with van der Waals surface area (Å²) in [6.45, 7) is 10.2. The molecule has 0 atom stereocenters. The Morgan fingerprint density at radius 3 is 2.38 bits per heavy atom. The molecule has 0 amide bonds. The van der Waals surface area contributed by atoms with Crippen molar-refractivity contribution in [1.82, 2.24) is 15.1 Å². The number of guanidine groups is 1. The maximum absolute atomic E-state index is 5.50. The normalized spacial score (nSPS) is 15.6. The van der Waals surface area contributed by atoms with E-state index < -0.39 is 0 Å². The van der Waals surface area contributed by atoms with Gasteiger partial charge in [-0.2, -0.15) is 0 Å². The van der Waals surface area contributed by atoms with Gasteiger partial charge in [-0.1, -0.05) is 13.8 Å². The van der Waals surface area contributed by atoms with Crippen LogP contribution in [0.2, 0.25) is 0 Å². The van der Waals surface area contributed by atoms with E-state index in [9.17, 15) is 0 Å². The quantitative estimate of drug-likeness (QED) is 0.389. The molecule has 1 N–H and O–H groups in total. The number of aliphatic imine (C=N–C) groups is 1. The molecule has 0 bridgehead atoms. The predicted molar refractivity (Wildman–Crippen MR) is 118 cm³/mol. The lowest BCUT2D eigenvalue weighted by atomic mass is 10.1. The number of benzene rings is 1. The van der Waals surface area contributed by atoms with Gasteiger partial charge in [-0.05, 0) is 24.1 Å². The number of nitrogens with one attached hydrogen (secondary N) is 1. The summed E-state index contributed by atoms with van der Waals surface area (Å²) in [5, 5.41) is 3.46. The highest BCUT2D eigenvalue weighted by molar-refractivity contribution is 14.0. The molecule has 1 aliphatic rings. The van der Waals surface area contributed by atoms with Crippen LogP contribution in [0.5, 0.6) is 11.5 Å². The summed E-state index contributed by atoms with van der Waals surface area (Å²) < 4.78 is 10.8. The number of hydrogen-bond acceptors (Lipinski definition) is 4. The Balaban J connectivity index is 0.00000338. The Bertz CT molecular complexity index is 573. The molecular formula is C19H33IN4O2. The first-order valence-corrected chi connectivity index (χ1v) is 8.96. The molecule has 0 aromatic heterocycles. The van der Waals surface area contributed by atoms with Crippen LogP contribution in [0.3, 0.4) is 0 Å². The molecule has 0 aliphatic carbocycles. The van der Waals surface area contributed by atoms with E-state index in [1.807, 2.05) is 19.2 Å². The van der Waals surface area contributed by atoms with Crippen LogP contribution >= 0.6 is 24.0 Å². The summed E-state index contributed by atoms with van der Waals surface area (Å²) in [6, 6.07) is 5.97. The van der Waals surface area contributed by atoms with Crippen LogP contribution < -0.4 is 14.8 Å². The van der Waals surface area contributed by atoms with E-state index in [0.717, 1.165) is 62.3 Å². The zero-order valence-electron chi connectivity index (χ0n) is 16.6. The van der Waals surface area contributed by atoms with Gasteiger partial charge in [0.2, 0.25) is 0 Å². The fraction of sp³-hybridized carbons (Fsp3) is 0.632. The third kappa shape index (κ3) is 6.50. The fourth-order valence-corrected chi connectivity index (χ4v) is 2.99. The smallest absolute Gasteiger partial charge is 0.193 e. The van der Waals surface area contributed by atoms with Crippen LogP contribution in [0.4, 0.5) is 0 Å². The molecule has 1 fully saturated rings. The SMILES string of the molecule is CN=C(NCC(C)C)N1CCN(Cc2cc(OC)ccc2OC)CC1.I. The molecule has 0 unspecified atom stereocenters. The fourth-order valence-electron chi connectivity index (χ4n) is 2.99. The number of hydrogen-bond donors (Lipinski definition) is 1. The van der Waals surface area contributed by atoms with Gasteiger partial charge >= 0.3 is 0 Å². The molecule has 1 heterocycles. The number of piperazine rings is 1. The highest BCUT2D eigenvalue weighted by Gasteiger charge is 2.20. The Morgan fingerprint density at radius 2 is 1.85 bits per heavy atom. The van der Waals surface area contributed by atoms with E-state index in [1.165, 1.54) is 0 Å². The van der Waals surface area contributed by atoms with Crippen molar-refractivity contribution in [1.29, 1.82) is 0 Å². The highest BCUT2D eigenvalue weighted by Crippen LogP contribution is 2.25. The summed E-state index contributed by atoms with van der Waals surface area (Å²) in [7, 11) is 5.27. The highest BCUT2D eigenvalue weighted by atomic mass is 127. The minimum Gasteiger partial charge on any atom is -0.497 e. The monoisotopic (exact) mass is 476 g/mol. The summed E-state index contributed by atoms with van der Waals surface area (Å²) in [5.41, 5.74) is 1.16. The molecule has 1 saturated heterocycles. The van der Waals surface area contributed by atoms with Crippen LogP contribution in [-0.4, -0.2) is 69.8 Å². The van der Waals surface area contributed by atoms with Gasteiger partial charge < -0.3 is 19.7 Å². The standard InChI is InChI=1S/C19H32N4O2.HI/c1-15(2)13-21-19(20-3)23-10-8-22(9-11-23)14-16-12-17(24-4)6-7-18(16)25-5;/h6-7,12,15H,8-11,13-14H2,1-5H3,(H,20,21);1H. The summed E-state index contributed by atoms with van der Waals surface area (Å²) in [6.07, 6.45) is 0. The van der Waals surface area contributed by atoms with Crippen LogP contribution in [0.15, 0.2) is 23.2 Å². The molecule has 0 saturated carbocycles. The van der Waals surface area contributed by atoms with Gasteiger partial charge in [0, 0.05) is 51.9 Å². The molecule has 0 spiro atoms. The molecule has 2 rings (SSSR count). The zero-order valence-corrected chi connectivity index (χ0v) is 18.9. The van der Waals surface area contributed by atoms with Crippen LogP contribution in [0.1, 0.15) is 19.4 Å². The van der Waals surface area contributed by atoms with E-state index in [-0.39, 0.29) is 24.0 Å². The molecule has 148 valence electrons. The molecule has 26 heavy (non-hydrogen) atoms. The van der Waals surface area contributed by atoms with Gasteiger partial charge in [-0.25, -0.2) is 0 Å². The molecular weight excluding hydrogens is 443 g/mol. The summed E-state index contributed by atoms with van der Waals surface area (Å²) >= 11 is 0. The molecule has 1 aromatic carbocycles.